The van der Waals surface area contributed by atoms with Crippen LogP contribution in [0.4, 0.5) is 5.69 Å². The van der Waals surface area contributed by atoms with Crippen molar-refractivity contribution in [3.05, 3.63) is 28.8 Å². The van der Waals surface area contributed by atoms with Crippen molar-refractivity contribution in [3.8, 4) is 0 Å². The first-order chi connectivity index (χ1) is 9.00. The molecule has 1 aromatic rings. The number of anilines is 1. The molecular weight excluding hydrogens is 280 g/mol. The zero-order valence-electron chi connectivity index (χ0n) is 12.0. The molecule has 0 atom stereocenters. The maximum absolute atomic E-state index is 11.5. The molecule has 0 aliphatic heterocycles. The van der Waals surface area contributed by atoms with Crippen LogP contribution in [0.5, 0.6) is 0 Å². The number of carboxylic acid groups (broad SMARTS) is 1. The Bertz CT molecular complexity index is 553. The average molecular weight is 299 g/mol. The van der Waals surface area contributed by atoms with Crippen LogP contribution >= 0.6 is 11.6 Å². The Balaban J connectivity index is 3.26. The predicted octanol–water partition coefficient (Wildman–Crippen LogP) is 2.74. The number of halogens is 1. The van der Waals surface area contributed by atoms with E-state index in [1.54, 1.807) is 45.9 Å². The van der Waals surface area contributed by atoms with E-state index in [1.165, 1.54) is 0 Å². The molecule has 0 unspecified atom stereocenters. The van der Waals surface area contributed by atoms with E-state index in [9.17, 15) is 14.7 Å². The molecule has 0 bridgehead atoms. The number of carbonyl (C=O) groups excluding carboxylic acids is 1. The molecule has 0 aromatic heterocycles. The van der Waals surface area contributed by atoms with E-state index in [4.69, 9.17) is 17.3 Å². The highest BCUT2D eigenvalue weighted by atomic mass is 35.5. The van der Waals surface area contributed by atoms with Crippen molar-refractivity contribution in [2.45, 2.75) is 33.2 Å². The first kappa shape index (κ1) is 16.3. The number of rotatable bonds is 5. The first-order valence-corrected chi connectivity index (χ1v) is 6.48. The molecule has 1 amide bonds. The van der Waals surface area contributed by atoms with Gasteiger partial charge < -0.3 is 16.2 Å². The number of amides is 1. The van der Waals surface area contributed by atoms with Crippen molar-refractivity contribution in [1.82, 2.24) is 0 Å². The molecule has 0 saturated heterocycles. The molecule has 6 heteroatoms. The van der Waals surface area contributed by atoms with Gasteiger partial charge in [-0.15, -0.1) is 0 Å². The second kappa shape index (κ2) is 5.32. The second-order valence-electron chi connectivity index (χ2n) is 5.71. The van der Waals surface area contributed by atoms with Gasteiger partial charge in [0.2, 0.25) is 0 Å². The Kier molecular flexibility index (Phi) is 4.34. The highest BCUT2D eigenvalue weighted by molar-refractivity contribution is 6.34. The van der Waals surface area contributed by atoms with Gasteiger partial charge in [-0.05, 0) is 39.8 Å². The average Bonchev–Trinajstić information content (AvgIpc) is 2.27. The summed E-state index contributed by atoms with van der Waals surface area (Å²) in [5, 5.41) is 12.6. The first-order valence-electron chi connectivity index (χ1n) is 6.10. The van der Waals surface area contributed by atoms with E-state index >= 15 is 0 Å². The fraction of sp³-hybridized carbons (Fsp3) is 0.429. The summed E-state index contributed by atoms with van der Waals surface area (Å²) in [6, 6.07) is 4.87. The lowest BCUT2D eigenvalue weighted by Crippen LogP contribution is -2.50. The van der Waals surface area contributed by atoms with Crippen molar-refractivity contribution in [2.24, 2.45) is 11.1 Å². The Morgan fingerprint density at radius 1 is 1.25 bits per heavy atom. The maximum atomic E-state index is 11.5. The van der Waals surface area contributed by atoms with Gasteiger partial charge in [0.1, 0.15) is 0 Å². The SMILES string of the molecule is CC(C)(Nc1cccc(Cl)c1C(N)=O)C(C)(C)C(=O)O. The van der Waals surface area contributed by atoms with Gasteiger partial charge in [-0.2, -0.15) is 0 Å². The summed E-state index contributed by atoms with van der Waals surface area (Å²) in [4.78, 5) is 22.9. The number of hydrogen-bond donors (Lipinski definition) is 3. The predicted molar refractivity (Wildman–Crippen MR) is 79.1 cm³/mol. The summed E-state index contributed by atoms with van der Waals surface area (Å²) in [6.07, 6.45) is 0. The molecule has 0 fully saturated rings. The summed E-state index contributed by atoms with van der Waals surface area (Å²) in [5.41, 5.74) is 4.01. The molecular formula is C14H19ClN2O3. The van der Waals surface area contributed by atoms with E-state index in [2.05, 4.69) is 5.32 Å². The van der Waals surface area contributed by atoms with Gasteiger partial charge in [-0.25, -0.2) is 0 Å². The molecule has 5 nitrogen and oxygen atoms in total. The van der Waals surface area contributed by atoms with E-state index in [-0.39, 0.29) is 10.6 Å². The van der Waals surface area contributed by atoms with Crippen molar-refractivity contribution in [2.75, 3.05) is 5.32 Å². The topological polar surface area (TPSA) is 92.4 Å². The highest BCUT2D eigenvalue weighted by Crippen LogP contribution is 2.36. The lowest BCUT2D eigenvalue weighted by molar-refractivity contribution is -0.149. The molecule has 4 N–H and O–H groups in total. The zero-order chi connectivity index (χ0) is 15.7. The van der Waals surface area contributed by atoms with Crippen LogP contribution in [0.2, 0.25) is 5.02 Å². The van der Waals surface area contributed by atoms with E-state index in [0.29, 0.717) is 5.69 Å². The van der Waals surface area contributed by atoms with Gasteiger partial charge in [0.15, 0.2) is 0 Å². The van der Waals surface area contributed by atoms with E-state index < -0.39 is 22.8 Å². The van der Waals surface area contributed by atoms with Crippen LogP contribution in [0, 0.1) is 5.41 Å². The van der Waals surface area contributed by atoms with E-state index in [0.717, 1.165) is 0 Å². The summed E-state index contributed by atoms with van der Waals surface area (Å²) in [6.45, 7) is 6.70. The smallest absolute Gasteiger partial charge is 0.311 e. The lowest BCUT2D eigenvalue weighted by atomic mass is 9.74. The minimum atomic E-state index is -1.07. The zero-order valence-corrected chi connectivity index (χ0v) is 12.7. The fourth-order valence-corrected chi connectivity index (χ4v) is 1.91. The Morgan fingerprint density at radius 2 is 1.80 bits per heavy atom. The number of aliphatic carboxylic acids is 1. The van der Waals surface area contributed by atoms with Crippen LogP contribution in [0.1, 0.15) is 38.1 Å². The maximum Gasteiger partial charge on any atom is 0.311 e. The van der Waals surface area contributed by atoms with Crippen LogP contribution in [-0.2, 0) is 4.79 Å². The molecule has 0 spiro atoms. The normalized spacial score (nSPS) is 12.1. The van der Waals surface area contributed by atoms with Gasteiger partial charge in [-0.1, -0.05) is 17.7 Å². The lowest BCUT2D eigenvalue weighted by Gasteiger charge is -2.40. The highest BCUT2D eigenvalue weighted by Gasteiger charge is 2.43. The monoisotopic (exact) mass is 298 g/mol. The molecule has 0 radical (unpaired) electrons. The molecule has 110 valence electrons. The summed E-state index contributed by atoms with van der Waals surface area (Å²) in [7, 11) is 0. The van der Waals surface area contributed by atoms with Crippen LogP contribution < -0.4 is 11.1 Å². The molecule has 0 aliphatic rings. The molecule has 20 heavy (non-hydrogen) atoms. The second-order valence-corrected chi connectivity index (χ2v) is 6.11. The molecule has 1 rings (SSSR count). The number of hydrogen-bond acceptors (Lipinski definition) is 3. The van der Waals surface area contributed by atoms with Crippen molar-refractivity contribution in [1.29, 1.82) is 0 Å². The molecule has 0 aliphatic carbocycles. The fourth-order valence-electron chi connectivity index (χ4n) is 1.64. The third-order valence-electron chi connectivity index (χ3n) is 3.80. The molecule has 0 heterocycles. The van der Waals surface area contributed by atoms with Crippen LogP contribution in [0.3, 0.4) is 0 Å². The van der Waals surface area contributed by atoms with Crippen molar-refractivity contribution < 1.29 is 14.7 Å². The summed E-state index contributed by atoms with van der Waals surface area (Å²) in [5.74, 6) is -1.61. The van der Waals surface area contributed by atoms with Crippen LogP contribution in [-0.4, -0.2) is 22.5 Å². The van der Waals surface area contributed by atoms with Crippen molar-refractivity contribution in [3.63, 3.8) is 0 Å². The third-order valence-corrected chi connectivity index (χ3v) is 4.12. The number of carbonyl (C=O) groups is 2. The Labute approximate surface area is 123 Å². The van der Waals surface area contributed by atoms with Crippen molar-refractivity contribution >= 4 is 29.2 Å². The quantitative estimate of drug-likeness (QED) is 0.779. The van der Waals surface area contributed by atoms with Gasteiger partial charge in [0.25, 0.3) is 5.91 Å². The van der Waals surface area contributed by atoms with Crippen LogP contribution in [0.15, 0.2) is 18.2 Å². The third kappa shape index (κ3) is 2.88. The van der Waals surface area contributed by atoms with Gasteiger partial charge in [0, 0.05) is 11.2 Å². The van der Waals surface area contributed by atoms with Gasteiger partial charge in [-0.3, -0.25) is 9.59 Å². The Hall–Kier alpha value is -1.75. The van der Waals surface area contributed by atoms with Gasteiger partial charge >= 0.3 is 5.97 Å². The van der Waals surface area contributed by atoms with E-state index in [1.807, 2.05) is 0 Å². The number of nitrogens with one attached hydrogen (secondary N) is 1. The number of benzene rings is 1. The van der Waals surface area contributed by atoms with Crippen LogP contribution in [0.25, 0.3) is 0 Å². The summed E-state index contributed by atoms with van der Waals surface area (Å²) < 4.78 is 0. The van der Waals surface area contributed by atoms with Gasteiger partial charge in [0.05, 0.1) is 16.0 Å². The number of carboxylic acids is 1. The number of nitrogens with two attached hydrogens (primary N) is 1. The molecule has 1 aromatic carbocycles. The summed E-state index contributed by atoms with van der Waals surface area (Å²) >= 11 is 5.97. The standard InChI is InChI=1S/C14H19ClN2O3/c1-13(2,12(19)20)14(3,4)17-9-7-5-6-8(15)10(9)11(16)18/h5-7,17H,1-4H3,(H2,16,18)(H,19,20). The largest absolute Gasteiger partial charge is 0.481 e. The number of primary amides is 1. The minimum Gasteiger partial charge on any atom is -0.481 e. The Morgan fingerprint density at radius 3 is 2.25 bits per heavy atom. The minimum absolute atomic E-state index is 0.156. The molecule has 0 saturated carbocycles.